The number of nitrogens with two attached hydrogens (primary N) is 1. The van der Waals surface area contributed by atoms with Gasteiger partial charge in [-0.3, -0.25) is 10.1 Å². The Hall–Kier alpha value is -1.82. The van der Waals surface area contributed by atoms with E-state index in [9.17, 15) is 10.1 Å². The number of rotatable bonds is 8. The van der Waals surface area contributed by atoms with E-state index in [2.05, 4.69) is 12.2 Å². The molecule has 6 heteroatoms. The lowest BCUT2D eigenvalue weighted by atomic mass is 10.2. The van der Waals surface area contributed by atoms with Gasteiger partial charge in [-0.15, -0.1) is 0 Å². The van der Waals surface area contributed by atoms with Gasteiger partial charge in [0.05, 0.1) is 22.9 Å². The summed E-state index contributed by atoms with van der Waals surface area (Å²) in [5, 5.41) is 13.6. The molecule has 6 nitrogen and oxygen atoms in total. The average molecular weight is 253 g/mol. The van der Waals surface area contributed by atoms with Gasteiger partial charge in [0.15, 0.2) is 0 Å². The predicted octanol–water partition coefficient (Wildman–Crippen LogP) is 2.41. The van der Waals surface area contributed by atoms with Crippen molar-refractivity contribution in [3.05, 3.63) is 28.3 Å². The van der Waals surface area contributed by atoms with Gasteiger partial charge in [0, 0.05) is 25.3 Å². The molecule has 0 atom stereocenters. The summed E-state index contributed by atoms with van der Waals surface area (Å²) in [6.07, 6.45) is 2.17. The number of ether oxygens (including phenoxy) is 1. The summed E-state index contributed by atoms with van der Waals surface area (Å²) in [4.78, 5) is 10.1. The van der Waals surface area contributed by atoms with Crippen LogP contribution in [0.2, 0.25) is 0 Å². The molecule has 100 valence electrons. The summed E-state index contributed by atoms with van der Waals surface area (Å²) < 4.78 is 5.39. The van der Waals surface area contributed by atoms with Crippen LogP contribution < -0.4 is 11.1 Å². The van der Waals surface area contributed by atoms with Gasteiger partial charge < -0.3 is 15.8 Å². The number of nitrogens with one attached hydrogen (secondary N) is 1. The van der Waals surface area contributed by atoms with Crippen LogP contribution in [0.15, 0.2) is 18.2 Å². The quantitative estimate of drug-likeness (QED) is 0.321. The SMILES string of the molecule is CCCCOCCNc1ccc([N+](=O)[O-])cc1N. The molecule has 3 N–H and O–H groups in total. The number of anilines is 2. The first kappa shape index (κ1) is 14.2. The van der Waals surface area contributed by atoms with E-state index in [1.807, 2.05) is 0 Å². The molecule has 0 aliphatic carbocycles. The first-order valence-corrected chi connectivity index (χ1v) is 6.00. The van der Waals surface area contributed by atoms with Crippen LogP contribution in [0.3, 0.4) is 0 Å². The van der Waals surface area contributed by atoms with Crippen molar-refractivity contribution in [3.63, 3.8) is 0 Å². The Morgan fingerprint density at radius 1 is 1.44 bits per heavy atom. The topological polar surface area (TPSA) is 90.4 Å². The maximum absolute atomic E-state index is 10.5. The van der Waals surface area contributed by atoms with Gasteiger partial charge in [-0.1, -0.05) is 13.3 Å². The van der Waals surface area contributed by atoms with Crippen LogP contribution in [0, 0.1) is 10.1 Å². The molecule has 0 bridgehead atoms. The van der Waals surface area contributed by atoms with E-state index in [0.717, 1.165) is 19.4 Å². The third kappa shape index (κ3) is 4.58. The molecular weight excluding hydrogens is 234 g/mol. The molecule has 0 heterocycles. The zero-order valence-electron chi connectivity index (χ0n) is 10.5. The lowest BCUT2D eigenvalue weighted by Gasteiger charge is -2.09. The van der Waals surface area contributed by atoms with Gasteiger partial charge >= 0.3 is 0 Å². The van der Waals surface area contributed by atoms with Crippen molar-refractivity contribution in [2.45, 2.75) is 19.8 Å². The number of unbranched alkanes of at least 4 members (excludes halogenated alkanes) is 1. The molecule has 0 spiro atoms. The Bertz CT molecular complexity index is 396. The molecule has 0 fully saturated rings. The molecule has 0 radical (unpaired) electrons. The van der Waals surface area contributed by atoms with Crippen molar-refractivity contribution in [2.75, 3.05) is 30.8 Å². The number of hydrogen-bond donors (Lipinski definition) is 2. The van der Waals surface area contributed by atoms with E-state index in [4.69, 9.17) is 10.5 Å². The van der Waals surface area contributed by atoms with E-state index in [1.165, 1.54) is 12.1 Å². The highest BCUT2D eigenvalue weighted by Crippen LogP contribution is 2.23. The fourth-order valence-corrected chi connectivity index (χ4v) is 1.43. The summed E-state index contributed by atoms with van der Waals surface area (Å²) in [5.41, 5.74) is 6.78. The fraction of sp³-hybridized carbons (Fsp3) is 0.500. The molecule has 18 heavy (non-hydrogen) atoms. The van der Waals surface area contributed by atoms with Crippen LogP contribution in [-0.4, -0.2) is 24.7 Å². The Morgan fingerprint density at radius 3 is 2.83 bits per heavy atom. The van der Waals surface area contributed by atoms with Crippen LogP contribution in [0.25, 0.3) is 0 Å². The number of nitro benzene ring substituents is 1. The van der Waals surface area contributed by atoms with E-state index in [1.54, 1.807) is 6.07 Å². The minimum atomic E-state index is -0.464. The Balaban J connectivity index is 2.36. The van der Waals surface area contributed by atoms with Gasteiger partial charge in [0.25, 0.3) is 5.69 Å². The van der Waals surface area contributed by atoms with E-state index in [-0.39, 0.29) is 5.69 Å². The number of non-ortho nitro benzene ring substituents is 1. The molecule has 1 aromatic rings. The number of nitrogen functional groups attached to an aromatic ring is 1. The summed E-state index contributed by atoms with van der Waals surface area (Å²) in [5.74, 6) is 0. The van der Waals surface area contributed by atoms with Crippen molar-refractivity contribution in [3.8, 4) is 0 Å². The summed E-state index contributed by atoms with van der Waals surface area (Å²) >= 11 is 0. The summed E-state index contributed by atoms with van der Waals surface area (Å²) in [6.45, 7) is 4.09. The number of nitrogens with zero attached hydrogens (tertiary/aromatic N) is 1. The lowest BCUT2D eigenvalue weighted by molar-refractivity contribution is -0.384. The molecular formula is C12H19N3O3. The van der Waals surface area contributed by atoms with E-state index >= 15 is 0 Å². The minimum absolute atomic E-state index is 0.00255. The predicted molar refractivity (Wildman–Crippen MR) is 71.7 cm³/mol. The van der Waals surface area contributed by atoms with Gasteiger partial charge in [-0.25, -0.2) is 0 Å². The number of nitro groups is 1. The van der Waals surface area contributed by atoms with Gasteiger partial charge in [0.1, 0.15) is 0 Å². The third-order valence-electron chi connectivity index (χ3n) is 2.45. The number of hydrogen-bond acceptors (Lipinski definition) is 5. The lowest BCUT2D eigenvalue weighted by Crippen LogP contribution is -2.11. The van der Waals surface area contributed by atoms with Crippen LogP contribution >= 0.6 is 0 Å². The van der Waals surface area contributed by atoms with E-state index in [0.29, 0.717) is 24.5 Å². The number of benzene rings is 1. The maximum Gasteiger partial charge on any atom is 0.271 e. The second-order valence-corrected chi connectivity index (χ2v) is 3.92. The zero-order valence-corrected chi connectivity index (χ0v) is 10.5. The Kier molecular flexibility index (Phi) is 5.93. The van der Waals surface area contributed by atoms with Crippen molar-refractivity contribution in [1.82, 2.24) is 0 Å². The van der Waals surface area contributed by atoms with E-state index < -0.39 is 4.92 Å². The van der Waals surface area contributed by atoms with Crippen LogP contribution in [0.4, 0.5) is 17.1 Å². The molecule has 0 aromatic heterocycles. The molecule has 0 aliphatic heterocycles. The molecule has 0 saturated carbocycles. The van der Waals surface area contributed by atoms with Gasteiger partial charge in [-0.05, 0) is 12.5 Å². The summed E-state index contributed by atoms with van der Waals surface area (Å²) in [6, 6.07) is 4.39. The first-order valence-electron chi connectivity index (χ1n) is 6.00. The second-order valence-electron chi connectivity index (χ2n) is 3.92. The second kappa shape index (κ2) is 7.50. The largest absolute Gasteiger partial charge is 0.397 e. The maximum atomic E-state index is 10.5. The normalized spacial score (nSPS) is 10.3. The fourth-order valence-electron chi connectivity index (χ4n) is 1.43. The highest BCUT2D eigenvalue weighted by Gasteiger charge is 2.07. The van der Waals surface area contributed by atoms with Gasteiger partial charge in [-0.2, -0.15) is 0 Å². The standard InChI is InChI=1S/C12H19N3O3/c1-2-3-7-18-8-6-14-12-5-4-10(15(16)17)9-11(12)13/h4-5,9,14H,2-3,6-8,13H2,1H3. The van der Waals surface area contributed by atoms with Crippen LogP contribution in [-0.2, 0) is 4.74 Å². The molecule has 1 aromatic carbocycles. The third-order valence-corrected chi connectivity index (χ3v) is 2.45. The van der Waals surface area contributed by atoms with Crippen molar-refractivity contribution >= 4 is 17.1 Å². The Labute approximate surface area is 106 Å². The molecule has 0 aliphatic rings. The monoisotopic (exact) mass is 253 g/mol. The molecule has 0 unspecified atom stereocenters. The minimum Gasteiger partial charge on any atom is -0.397 e. The van der Waals surface area contributed by atoms with Crippen molar-refractivity contribution < 1.29 is 9.66 Å². The highest BCUT2D eigenvalue weighted by molar-refractivity contribution is 5.69. The molecule has 0 saturated heterocycles. The first-order chi connectivity index (χ1) is 8.65. The average Bonchev–Trinajstić information content (AvgIpc) is 2.35. The van der Waals surface area contributed by atoms with Crippen molar-refractivity contribution in [1.29, 1.82) is 0 Å². The molecule has 0 amide bonds. The Morgan fingerprint density at radius 2 is 2.22 bits per heavy atom. The van der Waals surface area contributed by atoms with Crippen LogP contribution in [0.5, 0.6) is 0 Å². The highest BCUT2D eigenvalue weighted by atomic mass is 16.6. The van der Waals surface area contributed by atoms with Crippen molar-refractivity contribution in [2.24, 2.45) is 0 Å². The zero-order chi connectivity index (χ0) is 13.4. The van der Waals surface area contributed by atoms with Gasteiger partial charge in [0.2, 0.25) is 0 Å². The van der Waals surface area contributed by atoms with Crippen LogP contribution in [0.1, 0.15) is 19.8 Å². The summed E-state index contributed by atoms with van der Waals surface area (Å²) in [7, 11) is 0. The smallest absolute Gasteiger partial charge is 0.271 e. The molecule has 1 rings (SSSR count).